The number of aliphatic hydroxyl groups is 1. The van der Waals surface area contributed by atoms with Crippen LogP contribution in [0, 0.1) is 5.92 Å². The van der Waals surface area contributed by atoms with Crippen molar-refractivity contribution in [3.05, 3.63) is 0 Å². The minimum Gasteiger partial charge on any atom is -0.388 e. The molecule has 0 aromatic rings. The average molecular weight is 164 g/mol. The molecule has 2 nitrogen and oxygen atoms in total. The molecule has 0 amide bonds. The number of halogens is 1. The molecule has 60 valence electrons. The molecule has 0 radical (unpaired) electrons. The van der Waals surface area contributed by atoms with Crippen LogP contribution in [0.15, 0.2) is 0 Å². The maximum absolute atomic E-state index is 9.77. The summed E-state index contributed by atoms with van der Waals surface area (Å²) in [7, 11) is 0. The van der Waals surface area contributed by atoms with E-state index in [9.17, 15) is 5.11 Å². The van der Waals surface area contributed by atoms with Gasteiger partial charge in [-0.2, -0.15) is 0 Å². The van der Waals surface area contributed by atoms with E-state index in [0.29, 0.717) is 5.92 Å². The van der Waals surface area contributed by atoms with Gasteiger partial charge in [0.05, 0.1) is 5.60 Å². The van der Waals surface area contributed by atoms with Crippen LogP contribution in [0.4, 0.5) is 0 Å². The Morgan fingerprint density at radius 1 is 1.40 bits per heavy atom. The van der Waals surface area contributed by atoms with Gasteiger partial charge in [-0.1, -0.05) is 0 Å². The van der Waals surface area contributed by atoms with Crippen molar-refractivity contribution in [1.29, 1.82) is 0 Å². The Hall–Kier alpha value is 0.210. The highest BCUT2D eigenvalue weighted by atomic mass is 35.5. The summed E-state index contributed by atoms with van der Waals surface area (Å²) in [6, 6.07) is 0. The van der Waals surface area contributed by atoms with Crippen LogP contribution in [0.5, 0.6) is 0 Å². The second-order valence-corrected chi connectivity index (χ2v) is 3.30. The number of hydrogen-bond acceptors (Lipinski definition) is 2. The molecular weight excluding hydrogens is 150 g/mol. The van der Waals surface area contributed by atoms with E-state index in [-0.39, 0.29) is 18.0 Å². The summed E-state index contributed by atoms with van der Waals surface area (Å²) in [6.45, 7) is 1.84. The molecule has 1 saturated heterocycles. The lowest BCUT2D eigenvalue weighted by Gasteiger charge is -2.19. The van der Waals surface area contributed by atoms with Gasteiger partial charge in [0.1, 0.15) is 0 Å². The molecule has 0 bridgehead atoms. The molecule has 2 N–H and O–H groups in total. The minimum absolute atomic E-state index is 0. The van der Waals surface area contributed by atoms with Crippen molar-refractivity contribution in [2.45, 2.75) is 24.9 Å². The molecule has 2 aliphatic rings. The summed E-state index contributed by atoms with van der Waals surface area (Å²) < 4.78 is 0. The smallest absolute Gasteiger partial charge is 0.0811 e. The molecule has 1 aliphatic heterocycles. The summed E-state index contributed by atoms with van der Waals surface area (Å²) in [5, 5.41) is 13.0. The number of hydrogen-bond donors (Lipinski definition) is 2. The van der Waals surface area contributed by atoms with Crippen LogP contribution >= 0.6 is 12.4 Å². The summed E-state index contributed by atoms with van der Waals surface area (Å²) in [5.74, 6) is 0.632. The quantitative estimate of drug-likeness (QED) is 0.592. The third kappa shape index (κ3) is 1.29. The Kier molecular flexibility index (Phi) is 2.23. The van der Waals surface area contributed by atoms with Crippen LogP contribution in [-0.2, 0) is 0 Å². The van der Waals surface area contributed by atoms with Crippen molar-refractivity contribution in [3.8, 4) is 0 Å². The molecule has 0 spiro atoms. The first-order valence-corrected chi connectivity index (χ1v) is 3.74. The van der Waals surface area contributed by atoms with E-state index in [4.69, 9.17) is 0 Å². The zero-order valence-electron chi connectivity index (χ0n) is 5.97. The lowest BCUT2D eigenvalue weighted by molar-refractivity contribution is 0.0383. The molecule has 10 heavy (non-hydrogen) atoms. The van der Waals surface area contributed by atoms with Crippen LogP contribution in [-0.4, -0.2) is 23.8 Å². The van der Waals surface area contributed by atoms with Crippen LogP contribution in [0.3, 0.4) is 0 Å². The van der Waals surface area contributed by atoms with Gasteiger partial charge in [0, 0.05) is 6.54 Å². The Bertz CT molecular complexity index is 119. The van der Waals surface area contributed by atoms with Gasteiger partial charge in [-0.25, -0.2) is 0 Å². The van der Waals surface area contributed by atoms with Gasteiger partial charge in [-0.15, -0.1) is 12.4 Å². The van der Waals surface area contributed by atoms with Crippen LogP contribution in [0.25, 0.3) is 0 Å². The van der Waals surface area contributed by atoms with E-state index in [1.165, 1.54) is 12.8 Å². The highest BCUT2D eigenvalue weighted by Crippen LogP contribution is 2.42. The monoisotopic (exact) mass is 163 g/mol. The number of nitrogens with one attached hydrogen (secondary N) is 1. The van der Waals surface area contributed by atoms with Crippen molar-refractivity contribution in [2.24, 2.45) is 5.92 Å². The molecule has 2 rings (SSSR count). The second-order valence-electron chi connectivity index (χ2n) is 3.30. The molecule has 3 heteroatoms. The minimum atomic E-state index is -0.306. The first-order chi connectivity index (χ1) is 4.31. The van der Waals surface area contributed by atoms with Crippen LogP contribution < -0.4 is 5.32 Å². The average Bonchev–Trinajstić information content (AvgIpc) is 2.60. The maximum atomic E-state index is 9.77. The summed E-state index contributed by atoms with van der Waals surface area (Å²) in [5.41, 5.74) is -0.306. The van der Waals surface area contributed by atoms with Gasteiger partial charge in [0.15, 0.2) is 0 Å². The maximum Gasteiger partial charge on any atom is 0.0811 e. The van der Waals surface area contributed by atoms with Gasteiger partial charge < -0.3 is 10.4 Å². The van der Waals surface area contributed by atoms with E-state index in [2.05, 4.69) is 5.32 Å². The first kappa shape index (κ1) is 8.31. The highest BCUT2D eigenvalue weighted by Gasteiger charge is 2.45. The summed E-state index contributed by atoms with van der Waals surface area (Å²) >= 11 is 0. The van der Waals surface area contributed by atoms with Gasteiger partial charge in [0.25, 0.3) is 0 Å². The third-order valence-corrected chi connectivity index (χ3v) is 2.50. The van der Waals surface area contributed by atoms with Crippen LogP contribution in [0.2, 0.25) is 0 Å². The van der Waals surface area contributed by atoms with E-state index < -0.39 is 0 Å². The normalized spacial score (nSPS) is 39.3. The molecule has 1 heterocycles. The van der Waals surface area contributed by atoms with Crippen molar-refractivity contribution in [2.75, 3.05) is 13.1 Å². The molecule has 0 aromatic heterocycles. The summed E-state index contributed by atoms with van der Waals surface area (Å²) in [4.78, 5) is 0. The third-order valence-electron chi connectivity index (χ3n) is 2.50. The van der Waals surface area contributed by atoms with E-state index in [0.717, 1.165) is 19.5 Å². The van der Waals surface area contributed by atoms with E-state index in [1.54, 1.807) is 0 Å². The van der Waals surface area contributed by atoms with Crippen molar-refractivity contribution in [3.63, 3.8) is 0 Å². The molecule has 1 saturated carbocycles. The first-order valence-electron chi connectivity index (χ1n) is 3.74. The molecular formula is C7H14ClNO. The fraction of sp³-hybridized carbons (Fsp3) is 1.00. The lowest BCUT2D eigenvalue weighted by atomic mass is 9.97. The molecule has 1 aliphatic carbocycles. The largest absolute Gasteiger partial charge is 0.388 e. The summed E-state index contributed by atoms with van der Waals surface area (Å²) in [6.07, 6.45) is 3.47. The Morgan fingerprint density at radius 2 is 2.10 bits per heavy atom. The molecule has 1 unspecified atom stereocenters. The second kappa shape index (κ2) is 2.68. The van der Waals surface area contributed by atoms with Crippen molar-refractivity contribution < 1.29 is 5.11 Å². The zero-order chi connectivity index (χ0) is 6.32. The van der Waals surface area contributed by atoms with Crippen molar-refractivity contribution in [1.82, 2.24) is 5.32 Å². The molecule has 1 atom stereocenters. The molecule has 0 aromatic carbocycles. The van der Waals surface area contributed by atoms with E-state index in [1.807, 2.05) is 0 Å². The Balaban J connectivity index is 0.000000500. The fourth-order valence-corrected chi connectivity index (χ4v) is 1.67. The van der Waals surface area contributed by atoms with Gasteiger partial charge >= 0.3 is 0 Å². The van der Waals surface area contributed by atoms with E-state index >= 15 is 0 Å². The number of β-amino-alcohol motifs (C(OH)–C–C–N with tert-alkyl or cyclic N) is 1. The topological polar surface area (TPSA) is 32.3 Å². The van der Waals surface area contributed by atoms with Crippen molar-refractivity contribution >= 4 is 12.4 Å². The standard InChI is InChI=1S/C7H13NO.ClH/c9-7(6-1-2-6)3-4-8-5-7;/h6,8-9H,1-5H2;1H. The highest BCUT2D eigenvalue weighted by molar-refractivity contribution is 5.85. The van der Waals surface area contributed by atoms with Gasteiger partial charge in [-0.05, 0) is 31.7 Å². The Morgan fingerprint density at radius 3 is 2.50 bits per heavy atom. The zero-order valence-corrected chi connectivity index (χ0v) is 6.78. The van der Waals surface area contributed by atoms with Gasteiger partial charge in [0.2, 0.25) is 0 Å². The predicted octanol–water partition coefficient (Wildman–Crippen LogP) is 0.543. The number of rotatable bonds is 1. The fourth-order valence-electron chi connectivity index (χ4n) is 1.67. The van der Waals surface area contributed by atoms with Gasteiger partial charge in [-0.3, -0.25) is 0 Å². The predicted molar refractivity (Wildman–Crippen MR) is 42.4 cm³/mol. The van der Waals surface area contributed by atoms with Crippen LogP contribution in [0.1, 0.15) is 19.3 Å². The molecule has 2 fully saturated rings. The SMILES string of the molecule is Cl.OC1(C2CC2)CCNC1. The Labute approximate surface area is 67.4 Å². The lowest BCUT2D eigenvalue weighted by Crippen LogP contribution is -2.33.